The zero-order valence-corrected chi connectivity index (χ0v) is 15.9. The predicted molar refractivity (Wildman–Crippen MR) is 104 cm³/mol. The summed E-state index contributed by atoms with van der Waals surface area (Å²) >= 11 is 0.877. The minimum Gasteiger partial charge on any atom is -0.480 e. The third kappa shape index (κ3) is 3.89. The van der Waals surface area contributed by atoms with Crippen LogP contribution in [0.2, 0.25) is 0 Å². The summed E-state index contributed by atoms with van der Waals surface area (Å²) < 4.78 is 6.97. The van der Waals surface area contributed by atoms with Gasteiger partial charge in [-0.05, 0) is 25.0 Å². The Morgan fingerprint density at radius 2 is 1.86 bits per heavy atom. The zero-order chi connectivity index (χ0) is 20.3. The summed E-state index contributed by atoms with van der Waals surface area (Å²) in [5.41, 5.74) is -0.325. The lowest BCUT2D eigenvalue weighted by atomic mass is 10.1. The molecule has 0 unspecified atom stereocenters. The normalized spacial score (nSPS) is 10.9. The number of hydrogen-bond acceptors (Lipinski definition) is 6. The smallest absolute Gasteiger partial charge is 0.348 e. The molecule has 0 aliphatic heterocycles. The van der Waals surface area contributed by atoms with Crippen molar-refractivity contribution in [2.24, 2.45) is 0 Å². The number of hydrogen-bond donors (Lipinski definition) is 1. The average molecular weight is 402 g/mol. The molecule has 2 heterocycles. The number of rotatable bonds is 7. The van der Waals surface area contributed by atoms with Crippen molar-refractivity contribution in [3.63, 3.8) is 0 Å². The molecule has 0 bridgehead atoms. The number of carboxylic acids is 1. The van der Waals surface area contributed by atoms with Gasteiger partial charge in [0.15, 0.2) is 0 Å². The molecule has 0 aliphatic carbocycles. The van der Waals surface area contributed by atoms with Gasteiger partial charge in [0.1, 0.15) is 16.3 Å². The molecule has 0 atom stereocenters. The summed E-state index contributed by atoms with van der Waals surface area (Å²) in [6.07, 6.45) is 0.434. The molecule has 2 aromatic heterocycles. The van der Waals surface area contributed by atoms with Gasteiger partial charge in [-0.2, -0.15) is 0 Å². The van der Waals surface area contributed by atoms with E-state index in [9.17, 15) is 24.3 Å². The first-order chi connectivity index (χ1) is 13.4. The van der Waals surface area contributed by atoms with Gasteiger partial charge in [-0.3, -0.25) is 18.7 Å². The van der Waals surface area contributed by atoms with E-state index in [2.05, 4.69) is 0 Å². The van der Waals surface area contributed by atoms with Crippen LogP contribution in [0.1, 0.15) is 22.2 Å². The number of aromatic nitrogens is 2. The van der Waals surface area contributed by atoms with E-state index in [0.29, 0.717) is 6.42 Å². The fourth-order valence-electron chi connectivity index (χ4n) is 2.86. The van der Waals surface area contributed by atoms with E-state index in [0.717, 1.165) is 26.0 Å². The highest BCUT2D eigenvalue weighted by Gasteiger charge is 2.20. The fraction of sp³-hybridized carbons (Fsp3) is 0.263. The minimum absolute atomic E-state index is 0.0990. The van der Waals surface area contributed by atoms with Crippen molar-refractivity contribution in [2.45, 2.75) is 26.4 Å². The average Bonchev–Trinajstić information content (AvgIpc) is 3.12. The third-order valence-corrected chi connectivity index (χ3v) is 5.27. The van der Waals surface area contributed by atoms with Gasteiger partial charge in [-0.1, -0.05) is 30.3 Å². The second-order valence-electron chi connectivity index (χ2n) is 6.00. The van der Waals surface area contributed by atoms with Crippen LogP contribution in [0.4, 0.5) is 0 Å². The van der Waals surface area contributed by atoms with Crippen molar-refractivity contribution in [3.05, 3.63) is 67.7 Å². The van der Waals surface area contributed by atoms with E-state index in [1.807, 2.05) is 30.3 Å². The SMILES string of the molecule is CCOC(=O)c1cc2c(=O)n(CCc3ccccc3)c(=O)n(CC(=O)O)c2s1. The molecule has 0 saturated carbocycles. The highest BCUT2D eigenvalue weighted by atomic mass is 32.1. The lowest BCUT2D eigenvalue weighted by Gasteiger charge is -2.10. The molecular formula is C19H18N2O6S. The van der Waals surface area contributed by atoms with E-state index in [1.54, 1.807) is 6.92 Å². The first-order valence-corrected chi connectivity index (χ1v) is 9.44. The van der Waals surface area contributed by atoms with E-state index in [4.69, 9.17) is 4.74 Å². The van der Waals surface area contributed by atoms with E-state index < -0.39 is 29.7 Å². The largest absolute Gasteiger partial charge is 0.480 e. The minimum atomic E-state index is -1.22. The number of carboxylic acid groups (broad SMARTS) is 1. The van der Waals surface area contributed by atoms with Crippen molar-refractivity contribution in [1.82, 2.24) is 9.13 Å². The Labute approximate surface area is 163 Å². The Hall–Kier alpha value is -3.20. The maximum atomic E-state index is 12.9. The van der Waals surface area contributed by atoms with Gasteiger partial charge in [0.2, 0.25) is 0 Å². The lowest BCUT2D eigenvalue weighted by molar-refractivity contribution is -0.137. The van der Waals surface area contributed by atoms with Gasteiger partial charge in [0.05, 0.1) is 12.0 Å². The molecule has 0 saturated heterocycles. The number of fused-ring (bicyclic) bond motifs is 1. The summed E-state index contributed by atoms with van der Waals surface area (Å²) in [6, 6.07) is 10.7. The van der Waals surface area contributed by atoms with E-state index >= 15 is 0 Å². The Bertz CT molecular complexity index is 1140. The molecule has 9 heteroatoms. The molecule has 0 aliphatic rings. The number of ether oxygens (including phenoxy) is 1. The number of thiophene rings is 1. The lowest BCUT2D eigenvalue weighted by Crippen LogP contribution is -2.41. The first-order valence-electron chi connectivity index (χ1n) is 8.62. The van der Waals surface area contributed by atoms with Crippen molar-refractivity contribution in [2.75, 3.05) is 6.61 Å². The molecule has 0 fully saturated rings. The third-order valence-electron chi connectivity index (χ3n) is 4.13. The maximum absolute atomic E-state index is 12.9. The van der Waals surface area contributed by atoms with Crippen molar-refractivity contribution >= 4 is 33.5 Å². The highest BCUT2D eigenvalue weighted by molar-refractivity contribution is 7.20. The van der Waals surface area contributed by atoms with Crippen LogP contribution in [0.25, 0.3) is 10.2 Å². The molecule has 8 nitrogen and oxygen atoms in total. The summed E-state index contributed by atoms with van der Waals surface area (Å²) in [6.45, 7) is 1.31. The van der Waals surface area contributed by atoms with Gasteiger partial charge in [0, 0.05) is 6.54 Å². The number of esters is 1. The molecule has 28 heavy (non-hydrogen) atoms. The number of nitrogens with zero attached hydrogens (tertiary/aromatic N) is 2. The summed E-state index contributed by atoms with van der Waals surface area (Å²) in [5, 5.41) is 9.31. The maximum Gasteiger partial charge on any atom is 0.348 e. The van der Waals surface area contributed by atoms with Crippen LogP contribution in [0.15, 0.2) is 46.0 Å². The van der Waals surface area contributed by atoms with Gasteiger partial charge in [-0.25, -0.2) is 9.59 Å². The van der Waals surface area contributed by atoms with Crippen LogP contribution in [-0.2, 0) is 29.0 Å². The zero-order valence-electron chi connectivity index (χ0n) is 15.1. The Morgan fingerprint density at radius 3 is 2.50 bits per heavy atom. The monoisotopic (exact) mass is 402 g/mol. The Morgan fingerprint density at radius 1 is 1.14 bits per heavy atom. The highest BCUT2D eigenvalue weighted by Crippen LogP contribution is 2.23. The van der Waals surface area contributed by atoms with Gasteiger partial charge in [0.25, 0.3) is 5.56 Å². The fourth-order valence-corrected chi connectivity index (χ4v) is 3.90. The molecule has 3 rings (SSSR count). The van der Waals surface area contributed by atoms with Gasteiger partial charge >= 0.3 is 17.6 Å². The van der Waals surface area contributed by atoms with Crippen LogP contribution in [0, 0.1) is 0 Å². The number of carbonyl (C=O) groups excluding carboxylic acids is 1. The van der Waals surface area contributed by atoms with Crippen LogP contribution in [0.3, 0.4) is 0 Å². The van der Waals surface area contributed by atoms with Crippen molar-refractivity contribution in [3.8, 4) is 0 Å². The molecule has 0 radical (unpaired) electrons. The number of aryl methyl sites for hydroxylation is 1. The van der Waals surface area contributed by atoms with Crippen LogP contribution < -0.4 is 11.2 Å². The van der Waals surface area contributed by atoms with Crippen LogP contribution in [-0.4, -0.2) is 32.8 Å². The molecule has 0 spiro atoms. The van der Waals surface area contributed by atoms with Crippen LogP contribution >= 0.6 is 11.3 Å². The molecule has 0 amide bonds. The summed E-state index contributed by atoms with van der Waals surface area (Å²) in [4.78, 5) is 49.2. The van der Waals surface area contributed by atoms with E-state index in [-0.39, 0.29) is 28.2 Å². The number of benzene rings is 1. The van der Waals surface area contributed by atoms with Gasteiger partial charge in [-0.15, -0.1) is 11.3 Å². The van der Waals surface area contributed by atoms with Gasteiger partial charge < -0.3 is 9.84 Å². The van der Waals surface area contributed by atoms with Crippen LogP contribution in [0.5, 0.6) is 0 Å². The second-order valence-corrected chi connectivity index (χ2v) is 7.04. The summed E-state index contributed by atoms with van der Waals surface area (Å²) in [7, 11) is 0. The second kappa shape index (κ2) is 8.22. The standard InChI is InChI=1S/C19H18N2O6S/c1-2-27-18(25)14-10-13-16(24)20(9-8-12-6-4-3-5-7-12)19(26)21(11-15(22)23)17(13)28-14/h3-7,10H,2,8-9,11H2,1H3,(H,22,23). The summed E-state index contributed by atoms with van der Waals surface area (Å²) in [5.74, 6) is -1.84. The quantitative estimate of drug-likeness (QED) is 0.603. The molecule has 1 N–H and O–H groups in total. The molecule has 1 aromatic carbocycles. The van der Waals surface area contributed by atoms with E-state index in [1.165, 1.54) is 6.07 Å². The molecule has 146 valence electrons. The topological polar surface area (TPSA) is 108 Å². The Balaban J connectivity index is 2.12. The van der Waals surface area contributed by atoms with Crippen molar-refractivity contribution < 1.29 is 19.4 Å². The Kier molecular flexibility index (Phi) is 5.74. The number of aliphatic carboxylic acids is 1. The van der Waals surface area contributed by atoms with Crippen molar-refractivity contribution in [1.29, 1.82) is 0 Å². The molecule has 3 aromatic rings. The molecular weight excluding hydrogens is 384 g/mol. The number of carbonyl (C=O) groups is 2. The predicted octanol–water partition coefficient (Wildman–Crippen LogP) is 1.73. The first kappa shape index (κ1) is 19.6.